The van der Waals surface area contributed by atoms with E-state index in [1.807, 2.05) is 13.8 Å². The van der Waals surface area contributed by atoms with Crippen molar-refractivity contribution in [1.29, 1.82) is 0 Å². The molecular weight excluding hydrogens is 252 g/mol. The normalized spacial score (nSPS) is 31.1. The molecule has 0 aromatic carbocycles. The van der Waals surface area contributed by atoms with E-state index in [1.165, 1.54) is 45.1 Å². The number of rotatable bonds is 8. The summed E-state index contributed by atoms with van der Waals surface area (Å²) in [6.45, 7) is 7.49. The van der Waals surface area contributed by atoms with Crippen LogP contribution in [-0.4, -0.2) is 44.7 Å². The van der Waals surface area contributed by atoms with Crippen LogP contribution >= 0.6 is 0 Å². The van der Waals surface area contributed by atoms with Crippen LogP contribution < -0.4 is 10.6 Å². The molecule has 1 heterocycles. The van der Waals surface area contributed by atoms with Gasteiger partial charge < -0.3 is 20.1 Å². The molecule has 2 rings (SSSR count). The molecule has 0 aromatic heterocycles. The van der Waals surface area contributed by atoms with Gasteiger partial charge in [0.15, 0.2) is 6.29 Å². The third-order valence-corrected chi connectivity index (χ3v) is 4.69. The van der Waals surface area contributed by atoms with Crippen molar-refractivity contribution in [2.75, 3.05) is 26.3 Å². The summed E-state index contributed by atoms with van der Waals surface area (Å²) in [6, 6.07) is 1.36. The van der Waals surface area contributed by atoms with E-state index in [-0.39, 0.29) is 6.29 Å². The largest absolute Gasteiger partial charge is 0.352 e. The van der Waals surface area contributed by atoms with Gasteiger partial charge >= 0.3 is 0 Å². The summed E-state index contributed by atoms with van der Waals surface area (Å²) in [6.07, 6.45) is 8.01. The summed E-state index contributed by atoms with van der Waals surface area (Å²) in [5.74, 6) is 0.791. The second kappa shape index (κ2) is 8.98. The molecular formula is C16H32N2O2. The van der Waals surface area contributed by atoms with Gasteiger partial charge in [-0.15, -0.1) is 0 Å². The molecule has 2 fully saturated rings. The van der Waals surface area contributed by atoms with Crippen LogP contribution in [0.1, 0.15) is 52.4 Å². The quantitative estimate of drug-likeness (QED) is 0.671. The minimum Gasteiger partial charge on any atom is -0.352 e. The second-order valence-electron chi connectivity index (χ2n) is 6.01. The van der Waals surface area contributed by atoms with Crippen LogP contribution in [0.2, 0.25) is 0 Å². The predicted octanol–water partition coefficient (Wildman–Crippen LogP) is 2.29. The molecule has 0 amide bonds. The second-order valence-corrected chi connectivity index (χ2v) is 6.01. The van der Waals surface area contributed by atoms with Crippen molar-refractivity contribution in [3.8, 4) is 0 Å². The highest BCUT2D eigenvalue weighted by atomic mass is 16.7. The number of hydrogen-bond acceptors (Lipinski definition) is 4. The molecule has 0 bridgehead atoms. The minimum atomic E-state index is -0.0921. The van der Waals surface area contributed by atoms with Crippen LogP contribution in [0, 0.1) is 5.92 Å². The molecule has 4 nitrogen and oxygen atoms in total. The van der Waals surface area contributed by atoms with Crippen molar-refractivity contribution < 1.29 is 9.47 Å². The lowest BCUT2D eigenvalue weighted by molar-refractivity contribution is -0.134. The zero-order valence-electron chi connectivity index (χ0n) is 13.2. The van der Waals surface area contributed by atoms with Crippen LogP contribution in [0.5, 0.6) is 0 Å². The molecule has 4 heteroatoms. The average Bonchev–Trinajstić information content (AvgIpc) is 2.94. The van der Waals surface area contributed by atoms with Crippen LogP contribution in [-0.2, 0) is 9.47 Å². The summed E-state index contributed by atoms with van der Waals surface area (Å²) >= 11 is 0. The van der Waals surface area contributed by atoms with Gasteiger partial charge in [-0.2, -0.15) is 0 Å². The molecule has 3 unspecified atom stereocenters. The Morgan fingerprint density at radius 2 is 1.85 bits per heavy atom. The molecule has 1 aliphatic heterocycles. The van der Waals surface area contributed by atoms with Gasteiger partial charge in [0.2, 0.25) is 0 Å². The summed E-state index contributed by atoms with van der Waals surface area (Å²) in [5.41, 5.74) is 0. The van der Waals surface area contributed by atoms with Crippen molar-refractivity contribution >= 4 is 0 Å². The van der Waals surface area contributed by atoms with Crippen molar-refractivity contribution in [2.45, 2.75) is 70.7 Å². The van der Waals surface area contributed by atoms with Gasteiger partial charge in [-0.05, 0) is 52.0 Å². The SMILES string of the molecule is CCOC(CNC1CCCC1C1CCCCN1)OCC. The maximum Gasteiger partial charge on any atom is 0.169 e. The first kappa shape index (κ1) is 16.2. The lowest BCUT2D eigenvalue weighted by Crippen LogP contribution is -2.48. The van der Waals surface area contributed by atoms with E-state index in [4.69, 9.17) is 9.47 Å². The van der Waals surface area contributed by atoms with Gasteiger partial charge in [0, 0.05) is 31.8 Å². The summed E-state index contributed by atoms with van der Waals surface area (Å²) in [5, 5.41) is 7.44. The number of nitrogens with one attached hydrogen (secondary N) is 2. The number of hydrogen-bond donors (Lipinski definition) is 2. The Morgan fingerprint density at radius 1 is 1.05 bits per heavy atom. The van der Waals surface area contributed by atoms with E-state index in [0.29, 0.717) is 19.3 Å². The third kappa shape index (κ3) is 4.69. The zero-order valence-corrected chi connectivity index (χ0v) is 13.2. The average molecular weight is 284 g/mol. The fourth-order valence-electron chi connectivity index (χ4n) is 3.75. The Bertz CT molecular complexity index is 251. The molecule has 3 atom stereocenters. The topological polar surface area (TPSA) is 42.5 Å². The first-order valence-electron chi connectivity index (χ1n) is 8.55. The minimum absolute atomic E-state index is 0.0921. The standard InChI is InChI=1S/C16H32N2O2/c1-3-19-16(20-4-2)12-18-15-10-7-8-13(15)14-9-5-6-11-17-14/h13-18H,3-12H2,1-2H3. The molecule has 2 aliphatic rings. The predicted molar refractivity (Wildman–Crippen MR) is 81.8 cm³/mol. The Labute approximate surface area is 124 Å². The van der Waals surface area contributed by atoms with Gasteiger partial charge in [-0.3, -0.25) is 0 Å². The Hall–Kier alpha value is -0.160. The van der Waals surface area contributed by atoms with Crippen molar-refractivity contribution in [1.82, 2.24) is 10.6 Å². The summed E-state index contributed by atoms with van der Waals surface area (Å²) in [7, 11) is 0. The van der Waals surface area contributed by atoms with Gasteiger partial charge in [0.05, 0.1) is 0 Å². The van der Waals surface area contributed by atoms with E-state index >= 15 is 0 Å². The van der Waals surface area contributed by atoms with Crippen molar-refractivity contribution in [2.24, 2.45) is 5.92 Å². The first-order chi connectivity index (χ1) is 9.85. The molecule has 0 radical (unpaired) electrons. The Morgan fingerprint density at radius 3 is 2.50 bits per heavy atom. The fourth-order valence-corrected chi connectivity index (χ4v) is 3.75. The summed E-state index contributed by atoms with van der Waals surface area (Å²) in [4.78, 5) is 0. The Kier molecular flexibility index (Phi) is 7.28. The third-order valence-electron chi connectivity index (χ3n) is 4.69. The van der Waals surface area contributed by atoms with E-state index in [2.05, 4.69) is 10.6 Å². The molecule has 118 valence electrons. The molecule has 20 heavy (non-hydrogen) atoms. The highest BCUT2D eigenvalue weighted by molar-refractivity contribution is 4.92. The number of piperidine rings is 1. The molecule has 2 N–H and O–H groups in total. The fraction of sp³-hybridized carbons (Fsp3) is 1.00. The molecule has 1 saturated carbocycles. The van der Waals surface area contributed by atoms with Crippen LogP contribution in [0.15, 0.2) is 0 Å². The lowest BCUT2D eigenvalue weighted by atomic mass is 9.88. The maximum absolute atomic E-state index is 5.62. The van der Waals surface area contributed by atoms with E-state index in [1.54, 1.807) is 0 Å². The highest BCUT2D eigenvalue weighted by Gasteiger charge is 2.34. The van der Waals surface area contributed by atoms with Crippen molar-refractivity contribution in [3.05, 3.63) is 0 Å². The maximum atomic E-state index is 5.62. The zero-order chi connectivity index (χ0) is 14.2. The monoisotopic (exact) mass is 284 g/mol. The van der Waals surface area contributed by atoms with E-state index in [0.717, 1.165) is 18.5 Å². The van der Waals surface area contributed by atoms with Crippen molar-refractivity contribution in [3.63, 3.8) is 0 Å². The van der Waals surface area contributed by atoms with Gasteiger partial charge in [0.1, 0.15) is 0 Å². The lowest BCUT2D eigenvalue weighted by Gasteiger charge is -2.33. The van der Waals surface area contributed by atoms with Crippen LogP contribution in [0.25, 0.3) is 0 Å². The van der Waals surface area contributed by atoms with E-state index < -0.39 is 0 Å². The van der Waals surface area contributed by atoms with Crippen LogP contribution in [0.4, 0.5) is 0 Å². The van der Waals surface area contributed by atoms with Gasteiger partial charge in [0.25, 0.3) is 0 Å². The molecule has 1 aliphatic carbocycles. The van der Waals surface area contributed by atoms with Gasteiger partial charge in [-0.1, -0.05) is 12.8 Å². The van der Waals surface area contributed by atoms with Gasteiger partial charge in [-0.25, -0.2) is 0 Å². The Balaban J connectivity index is 1.77. The molecule has 0 aromatic rings. The molecule has 1 saturated heterocycles. The smallest absolute Gasteiger partial charge is 0.169 e. The summed E-state index contributed by atoms with van der Waals surface area (Å²) < 4.78 is 11.2. The molecule has 0 spiro atoms. The first-order valence-corrected chi connectivity index (χ1v) is 8.55. The highest BCUT2D eigenvalue weighted by Crippen LogP contribution is 2.31. The van der Waals surface area contributed by atoms with E-state index in [9.17, 15) is 0 Å². The number of ether oxygens (including phenoxy) is 2. The van der Waals surface area contributed by atoms with Crippen LogP contribution in [0.3, 0.4) is 0 Å².